The maximum atomic E-state index is 14.1. The Labute approximate surface area is 143 Å². The third-order valence-electron chi connectivity index (χ3n) is 4.73. The highest BCUT2D eigenvalue weighted by Gasteiger charge is 2.40. The number of aromatic nitrogens is 2. The van der Waals surface area contributed by atoms with Crippen LogP contribution in [0.1, 0.15) is 35.8 Å². The van der Waals surface area contributed by atoms with E-state index in [1.807, 2.05) is 0 Å². The van der Waals surface area contributed by atoms with E-state index in [-0.39, 0.29) is 6.54 Å². The van der Waals surface area contributed by atoms with E-state index in [4.69, 9.17) is 4.74 Å². The third kappa shape index (κ3) is 2.76. The first-order valence-electron chi connectivity index (χ1n) is 8.09. The minimum atomic E-state index is -4.09. The van der Waals surface area contributed by atoms with Crippen molar-refractivity contribution < 1.29 is 21.9 Å². The van der Waals surface area contributed by atoms with Gasteiger partial charge in [0.05, 0.1) is 24.9 Å². The van der Waals surface area contributed by atoms with Gasteiger partial charge in [-0.25, -0.2) is 17.2 Å². The topological polar surface area (TPSA) is 75.3 Å². The number of hydrogen-bond acceptors (Lipinski definition) is 4. The smallest absolute Gasteiger partial charge is 0.246 e. The van der Waals surface area contributed by atoms with E-state index in [0.29, 0.717) is 44.2 Å². The number of aromatic amines is 1. The fourth-order valence-electron chi connectivity index (χ4n) is 3.52. The lowest BCUT2D eigenvalue weighted by atomic mass is 10.0. The molecule has 134 valence electrons. The SMILES string of the molecule is O=S(=O)(c1ccc(F)cc1F)N1CCCC1c1n[nH]c2c1COCC2. The molecule has 9 heteroatoms. The minimum Gasteiger partial charge on any atom is -0.376 e. The van der Waals surface area contributed by atoms with Crippen LogP contribution in [0.4, 0.5) is 8.78 Å². The number of hydrogen-bond donors (Lipinski definition) is 1. The van der Waals surface area contributed by atoms with Crippen molar-refractivity contribution in [3.8, 4) is 0 Å². The molecular formula is C16H17F2N3O3S. The lowest BCUT2D eigenvalue weighted by Crippen LogP contribution is -2.32. The first-order chi connectivity index (χ1) is 12.0. The molecule has 0 radical (unpaired) electrons. The van der Waals surface area contributed by atoms with Crippen LogP contribution < -0.4 is 0 Å². The Morgan fingerprint density at radius 2 is 2.16 bits per heavy atom. The van der Waals surface area contributed by atoms with Gasteiger partial charge in [0.2, 0.25) is 10.0 Å². The monoisotopic (exact) mass is 369 g/mol. The van der Waals surface area contributed by atoms with Gasteiger partial charge in [-0.15, -0.1) is 0 Å². The summed E-state index contributed by atoms with van der Waals surface area (Å²) in [4.78, 5) is -0.513. The van der Waals surface area contributed by atoms with Gasteiger partial charge >= 0.3 is 0 Å². The standard InChI is InChI=1S/C16H17F2N3O3S/c17-10-3-4-15(12(18)8-10)25(22,23)21-6-1-2-14(21)16-11-9-24-7-5-13(11)19-20-16/h3-4,8,14H,1-2,5-7,9H2,(H,19,20). The van der Waals surface area contributed by atoms with Crippen LogP contribution in [0.25, 0.3) is 0 Å². The third-order valence-corrected chi connectivity index (χ3v) is 6.67. The van der Waals surface area contributed by atoms with Crippen LogP contribution in [-0.4, -0.2) is 36.1 Å². The molecule has 0 amide bonds. The molecule has 1 unspecified atom stereocenters. The van der Waals surface area contributed by atoms with Gasteiger partial charge in [-0.3, -0.25) is 5.10 Å². The lowest BCUT2D eigenvalue weighted by molar-refractivity contribution is 0.109. The summed E-state index contributed by atoms with van der Waals surface area (Å²) in [5.74, 6) is -1.90. The van der Waals surface area contributed by atoms with E-state index in [1.165, 1.54) is 4.31 Å². The van der Waals surface area contributed by atoms with Crippen LogP contribution in [0.2, 0.25) is 0 Å². The van der Waals surface area contributed by atoms with Gasteiger partial charge in [0.25, 0.3) is 0 Å². The predicted molar refractivity (Wildman–Crippen MR) is 84.2 cm³/mol. The first kappa shape index (κ1) is 16.6. The van der Waals surface area contributed by atoms with E-state index in [0.717, 1.165) is 23.4 Å². The summed E-state index contributed by atoms with van der Waals surface area (Å²) in [5, 5.41) is 7.27. The van der Waals surface area contributed by atoms with Gasteiger partial charge in [0, 0.05) is 30.3 Å². The Hall–Kier alpha value is -1.84. The van der Waals surface area contributed by atoms with Crippen molar-refractivity contribution in [2.45, 2.75) is 36.8 Å². The van der Waals surface area contributed by atoms with Crippen molar-refractivity contribution in [3.63, 3.8) is 0 Å². The molecule has 1 fully saturated rings. The maximum absolute atomic E-state index is 14.1. The van der Waals surface area contributed by atoms with E-state index >= 15 is 0 Å². The van der Waals surface area contributed by atoms with Crippen molar-refractivity contribution in [1.82, 2.24) is 14.5 Å². The highest BCUT2D eigenvalue weighted by Crippen LogP contribution is 2.39. The van der Waals surface area contributed by atoms with Crippen molar-refractivity contribution in [3.05, 3.63) is 46.8 Å². The Morgan fingerprint density at radius 3 is 2.96 bits per heavy atom. The zero-order valence-corrected chi connectivity index (χ0v) is 14.2. The molecule has 1 atom stereocenters. The van der Waals surface area contributed by atoms with Crippen LogP contribution in [0.15, 0.2) is 23.1 Å². The van der Waals surface area contributed by atoms with Gasteiger partial charge in [0.15, 0.2) is 0 Å². The Kier molecular flexibility index (Phi) is 4.09. The molecule has 1 saturated heterocycles. The highest BCUT2D eigenvalue weighted by molar-refractivity contribution is 7.89. The molecule has 6 nitrogen and oxygen atoms in total. The zero-order chi connectivity index (χ0) is 17.6. The summed E-state index contributed by atoms with van der Waals surface area (Å²) in [6.45, 7) is 1.25. The number of halogens is 2. The predicted octanol–water partition coefficient (Wildman–Crippen LogP) is 2.29. The summed E-state index contributed by atoms with van der Waals surface area (Å²) in [6.07, 6.45) is 1.95. The van der Waals surface area contributed by atoms with Crippen molar-refractivity contribution in [2.24, 2.45) is 0 Å². The first-order valence-corrected chi connectivity index (χ1v) is 9.53. The number of nitrogens with zero attached hydrogens (tertiary/aromatic N) is 2. The fourth-order valence-corrected chi connectivity index (χ4v) is 5.23. The molecule has 1 N–H and O–H groups in total. The van der Waals surface area contributed by atoms with Gasteiger partial charge in [-0.05, 0) is 25.0 Å². The van der Waals surface area contributed by atoms with Crippen LogP contribution in [0.5, 0.6) is 0 Å². The second-order valence-corrected chi connectivity index (χ2v) is 8.08. The molecule has 1 aromatic carbocycles. The van der Waals surface area contributed by atoms with Gasteiger partial charge in [0.1, 0.15) is 16.5 Å². The molecule has 2 aliphatic rings. The van der Waals surface area contributed by atoms with Gasteiger partial charge in [-0.1, -0.05) is 0 Å². The van der Waals surface area contributed by atoms with Crippen LogP contribution in [0, 0.1) is 11.6 Å². The number of rotatable bonds is 3. The summed E-state index contributed by atoms with van der Waals surface area (Å²) < 4.78 is 59.8. The summed E-state index contributed by atoms with van der Waals surface area (Å²) in [7, 11) is -4.09. The largest absolute Gasteiger partial charge is 0.376 e. The lowest BCUT2D eigenvalue weighted by Gasteiger charge is -2.24. The van der Waals surface area contributed by atoms with Crippen LogP contribution >= 0.6 is 0 Å². The quantitative estimate of drug-likeness (QED) is 0.901. The van der Waals surface area contributed by atoms with E-state index < -0.39 is 32.6 Å². The van der Waals surface area contributed by atoms with Crippen LogP contribution in [-0.2, 0) is 27.8 Å². The molecule has 0 spiro atoms. The van der Waals surface area contributed by atoms with Gasteiger partial charge < -0.3 is 4.74 Å². The summed E-state index contributed by atoms with van der Waals surface area (Å²) >= 11 is 0. The molecule has 0 aliphatic carbocycles. The highest BCUT2D eigenvalue weighted by atomic mass is 32.2. The van der Waals surface area contributed by atoms with E-state index in [2.05, 4.69) is 10.2 Å². The Morgan fingerprint density at radius 1 is 1.32 bits per heavy atom. The van der Waals surface area contributed by atoms with Crippen LogP contribution in [0.3, 0.4) is 0 Å². The Balaban J connectivity index is 1.73. The number of benzene rings is 1. The number of H-pyrrole nitrogens is 1. The molecular weight excluding hydrogens is 352 g/mol. The molecule has 2 aliphatic heterocycles. The molecule has 0 bridgehead atoms. The van der Waals surface area contributed by atoms with Crippen molar-refractivity contribution >= 4 is 10.0 Å². The number of fused-ring (bicyclic) bond motifs is 1. The summed E-state index contributed by atoms with van der Waals surface area (Å²) in [5.41, 5.74) is 2.48. The molecule has 25 heavy (non-hydrogen) atoms. The molecule has 0 saturated carbocycles. The average Bonchev–Trinajstić information content (AvgIpc) is 3.21. The average molecular weight is 369 g/mol. The number of nitrogens with one attached hydrogen (secondary N) is 1. The van der Waals surface area contributed by atoms with Crippen molar-refractivity contribution in [1.29, 1.82) is 0 Å². The van der Waals surface area contributed by atoms with E-state index in [9.17, 15) is 17.2 Å². The normalized spacial score (nSPS) is 21.4. The number of sulfonamides is 1. The molecule has 1 aromatic heterocycles. The van der Waals surface area contributed by atoms with E-state index in [1.54, 1.807) is 0 Å². The second-order valence-electron chi connectivity index (χ2n) is 6.22. The Bertz CT molecular complexity index is 913. The minimum absolute atomic E-state index is 0.270. The fraction of sp³-hybridized carbons (Fsp3) is 0.438. The van der Waals surface area contributed by atoms with Crippen molar-refractivity contribution in [2.75, 3.05) is 13.2 Å². The molecule has 2 aromatic rings. The molecule has 3 heterocycles. The zero-order valence-electron chi connectivity index (χ0n) is 13.3. The molecule has 4 rings (SSSR count). The maximum Gasteiger partial charge on any atom is 0.246 e. The summed E-state index contributed by atoms with van der Waals surface area (Å²) in [6, 6.07) is 2.03. The van der Waals surface area contributed by atoms with Gasteiger partial charge in [-0.2, -0.15) is 9.40 Å². The number of ether oxygens (including phenoxy) is 1. The second kappa shape index (κ2) is 6.15.